The number of anilines is 1. The Hall–Kier alpha value is -2.04. The van der Waals surface area contributed by atoms with Gasteiger partial charge in [-0.1, -0.05) is 30.3 Å². The Morgan fingerprint density at radius 1 is 1.17 bits per heavy atom. The minimum Gasteiger partial charge on any atom is -0.507 e. The Morgan fingerprint density at radius 2 is 1.87 bits per heavy atom. The highest BCUT2D eigenvalue weighted by atomic mass is 35.5. The molecule has 0 saturated heterocycles. The summed E-state index contributed by atoms with van der Waals surface area (Å²) in [6, 6.07) is 11.6. The second kappa shape index (κ2) is 7.02. The molecule has 23 heavy (non-hydrogen) atoms. The Morgan fingerprint density at radius 3 is 2.61 bits per heavy atom. The molecule has 0 saturated carbocycles. The summed E-state index contributed by atoms with van der Waals surface area (Å²) >= 11 is 0. The van der Waals surface area contributed by atoms with Crippen LogP contribution in [0.4, 0.5) is 5.69 Å². The van der Waals surface area contributed by atoms with Crippen molar-refractivity contribution in [2.45, 2.75) is 32.9 Å². The molecule has 5 heteroatoms. The molecule has 0 spiro atoms. The van der Waals surface area contributed by atoms with Gasteiger partial charge in [-0.2, -0.15) is 0 Å². The summed E-state index contributed by atoms with van der Waals surface area (Å²) in [6.07, 6.45) is 0.679. The van der Waals surface area contributed by atoms with E-state index in [9.17, 15) is 9.90 Å². The molecule has 1 atom stereocenters. The number of hydrogen-bond acceptors (Lipinski definition) is 3. The summed E-state index contributed by atoms with van der Waals surface area (Å²) in [7, 11) is 0. The molecule has 3 rings (SSSR count). The largest absolute Gasteiger partial charge is 0.507 e. The molecule has 1 aliphatic heterocycles. The highest BCUT2D eigenvalue weighted by Crippen LogP contribution is 2.28. The number of aromatic hydroxyl groups is 1. The van der Waals surface area contributed by atoms with E-state index >= 15 is 0 Å². The van der Waals surface area contributed by atoms with Crippen LogP contribution in [0.2, 0.25) is 0 Å². The van der Waals surface area contributed by atoms with Gasteiger partial charge in [-0.15, -0.1) is 12.4 Å². The van der Waals surface area contributed by atoms with E-state index in [2.05, 4.69) is 22.8 Å². The Labute approximate surface area is 142 Å². The van der Waals surface area contributed by atoms with Crippen molar-refractivity contribution in [2.24, 2.45) is 0 Å². The van der Waals surface area contributed by atoms with Crippen molar-refractivity contribution < 1.29 is 9.90 Å². The van der Waals surface area contributed by atoms with Crippen molar-refractivity contribution in [3.63, 3.8) is 0 Å². The van der Waals surface area contributed by atoms with E-state index in [0.717, 1.165) is 5.56 Å². The van der Waals surface area contributed by atoms with Crippen molar-refractivity contribution in [1.82, 2.24) is 5.32 Å². The first-order valence-corrected chi connectivity index (χ1v) is 7.46. The first kappa shape index (κ1) is 17.3. The van der Waals surface area contributed by atoms with Gasteiger partial charge in [-0.05, 0) is 43.0 Å². The lowest BCUT2D eigenvalue weighted by atomic mass is 9.95. The van der Waals surface area contributed by atoms with Crippen LogP contribution in [0, 0.1) is 13.8 Å². The molecule has 1 heterocycles. The third-order valence-corrected chi connectivity index (χ3v) is 4.29. The number of halogens is 1. The number of rotatable bonds is 2. The number of phenolic OH excluding ortho intramolecular Hbond substituents is 1. The average Bonchev–Trinajstić information content (AvgIpc) is 2.55. The van der Waals surface area contributed by atoms with Gasteiger partial charge in [0.2, 0.25) is 5.91 Å². The fraction of sp³-hybridized carbons (Fsp3) is 0.278. The predicted octanol–water partition coefficient (Wildman–Crippen LogP) is 3.08. The fourth-order valence-corrected chi connectivity index (χ4v) is 2.83. The molecule has 4 nitrogen and oxygen atoms in total. The number of phenols is 1. The predicted molar refractivity (Wildman–Crippen MR) is 94.2 cm³/mol. The van der Waals surface area contributed by atoms with Gasteiger partial charge in [0.15, 0.2) is 0 Å². The van der Waals surface area contributed by atoms with Crippen molar-refractivity contribution in [3.05, 3.63) is 58.7 Å². The van der Waals surface area contributed by atoms with Crippen LogP contribution < -0.4 is 10.6 Å². The van der Waals surface area contributed by atoms with E-state index in [0.29, 0.717) is 24.2 Å². The van der Waals surface area contributed by atoms with Crippen molar-refractivity contribution >= 4 is 24.0 Å². The molecule has 3 N–H and O–H groups in total. The maximum absolute atomic E-state index is 12.5. The number of hydrogen-bond donors (Lipinski definition) is 3. The molecule has 0 aliphatic carbocycles. The van der Waals surface area contributed by atoms with E-state index in [1.165, 1.54) is 11.1 Å². The van der Waals surface area contributed by atoms with E-state index in [1.54, 1.807) is 0 Å². The smallest absolute Gasteiger partial charge is 0.241 e. The quantitative estimate of drug-likeness (QED) is 0.792. The van der Waals surface area contributed by atoms with Crippen LogP contribution in [0.5, 0.6) is 5.75 Å². The molecule has 1 unspecified atom stereocenters. The second-order valence-electron chi connectivity index (χ2n) is 5.80. The molecule has 1 amide bonds. The second-order valence-corrected chi connectivity index (χ2v) is 5.80. The summed E-state index contributed by atoms with van der Waals surface area (Å²) in [5.74, 6) is 0.167. The molecule has 2 aromatic rings. The van der Waals surface area contributed by atoms with Crippen LogP contribution in [-0.4, -0.2) is 17.1 Å². The fourth-order valence-electron chi connectivity index (χ4n) is 2.83. The number of carbonyl (C=O) groups is 1. The standard InChI is InChI=1S/C18H20N2O2.ClH/c1-11-7-8-15(12(2)17(11)21)20-18(22)16-9-13-5-3-4-6-14(13)10-19-16;/h3-8,16,19,21H,9-10H2,1-2H3,(H,20,22);1H. The van der Waals surface area contributed by atoms with Crippen LogP contribution in [0.1, 0.15) is 22.3 Å². The van der Waals surface area contributed by atoms with Gasteiger partial charge >= 0.3 is 0 Å². The third-order valence-electron chi connectivity index (χ3n) is 4.29. The monoisotopic (exact) mass is 332 g/mol. The van der Waals surface area contributed by atoms with Crippen molar-refractivity contribution in [1.29, 1.82) is 0 Å². The minimum absolute atomic E-state index is 0. The summed E-state index contributed by atoms with van der Waals surface area (Å²) in [4.78, 5) is 12.5. The van der Waals surface area contributed by atoms with Crippen LogP contribution in [0.3, 0.4) is 0 Å². The van der Waals surface area contributed by atoms with E-state index in [1.807, 2.05) is 38.1 Å². The molecule has 122 valence electrons. The molecule has 0 fully saturated rings. The first-order valence-electron chi connectivity index (χ1n) is 7.46. The highest BCUT2D eigenvalue weighted by Gasteiger charge is 2.24. The van der Waals surface area contributed by atoms with Crippen molar-refractivity contribution in [3.8, 4) is 5.75 Å². The van der Waals surface area contributed by atoms with Crippen LogP contribution >= 0.6 is 12.4 Å². The zero-order valence-corrected chi connectivity index (χ0v) is 14.0. The van der Waals surface area contributed by atoms with E-state index < -0.39 is 0 Å². The normalized spacial score (nSPS) is 16.2. The lowest BCUT2D eigenvalue weighted by molar-refractivity contribution is -0.118. The highest BCUT2D eigenvalue weighted by molar-refractivity contribution is 5.96. The molecular weight excluding hydrogens is 312 g/mol. The molecular formula is C18H21ClN2O2. The average molecular weight is 333 g/mol. The Balaban J connectivity index is 0.00000192. The number of carbonyl (C=O) groups excluding carboxylic acids is 1. The summed E-state index contributed by atoms with van der Waals surface area (Å²) in [5, 5.41) is 16.2. The topological polar surface area (TPSA) is 61.4 Å². The van der Waals surface area contributed by atoms with Gasteiger partial charge < -0.3 is 15.7 Å². The van der Waals surface area contributed by atoms with E-state index in [4.69, 9.17) is 0 Å². The third kappa shape index (κ3) is 3.49. The summed E-state index contributed by atoms with van der Waals surface area (Å²) < 4.78 is 0. The van der Waals surface area contributed by atoms with Crippen LogP contribution in [-0.2, 0) is 17.8 Å². The van der Waals surface area contributed by atoms with Crippen LogP contribution in [0.25, 0.3) is 0 Å². The van der Waals surface area contributed by atoms with Gasteiger partial charge in [0.1, 0.15) is 5.75 Å². The zero-order valence-electron chi connectivity index (χ0n) is 13.2. The maximum atomic E-state index is 12.5. The summed E-state index contributed by atoms with van der Waals surface area (Å²) in [6.45, 7) is 4.35. The number of fused-ring (bicyclic) bond motifs is 1. The number of benzene rings is 2. The van der Waals surface area contributed by atoms with Crippen molar-refractivity contribution in [2.75, 3.05) is 5.32 Å². The Kier molecular flexibility index (Phi) is 5.29. The number of amides is 1. The molecule has 0 aromatic heterocycles. The number of aryl methyl sites for hydroxylation is 1. The van der Waals surface area contributed by atoms with Crippen LogP contribution in [0.15, 0.2) is 36.4 Å². The van der Waals surface area contributed by atoms with Gasteiger partial charge in [0, 0.05) is 17.8 Å². The lowest BCUT2D eigenvalue weighted by Crippen LogP contribution is -2.44. The van der Waals surface area contributed by atoms with Gasteiger partial charge in [0.25, 0.3) is 0 Å². The van der Waals surface area contributed by atoms with E-state index in [-0.39, 0.29) is 30.1 Å². The Bertz CT molecular complexity index is 731. The SMILES string of the molecule is Cc1ccc(NC(=O)C2Cc3ccccc3CN2)c(C)c1O.Cl. The minimum atomic E-state index is -0.252. The number of nitrogens with one attached hydrogen (secondary N) is 2. The molecule has 0 radical (unpaired) electrons. The molecule has 2 aromatic carbocycles. The van der Waals surface area contributed by atoms with Gasteiger partial charge in [0.05, 0.1) is 6.04 Å². The lowest BCUT2D eigenvalue weighted by Gasteiger charge is -2.25. The molecule has 1 aliphatic rings. The first-order chi connectivity index (χ1) is 10.6. The van der Waals surface area contributed by atoms with Gasteiger partial charge in [-0.3, -0.25) is 4.79 Å². The molecule has 0 bridgehead atoms. The summed E-state index contributed by atoms with van der Waals surface area (Å²) in [5.41, 5.74) is 4.62. The zero-order chi connectivity index (χ0) is 15.7. The maximum Gasteiger partial charge on any atom is 0.241 e. The van der Waals surface area contributed by atoms with Gasteiger partial charge in [-0.25, -0.2) is 0 Å².